The van der Waals surface area contributed by atoms with Crippen LogP contribution in [0, 0.1) is 6.92 Å². The van der Waals surface area contributed by atoms with Gasteiger partial charge in [-0.1, -0.05) is 11.6 Å². The van der Waals surface area contributed by atoms with Crippen molar-refractivity contribution in [2.45, 2.75) is 23.8 Å². The summed E-state index contributed by atoms with van der Waals surface area (Å²) in [5.74, 6) is -0.291. The lowest BCUT2D eigenvalue weighted by atomic mass is 10.0. The van der Waals surface area contributed by atoms with E-state index in [1.165, 1.54) is 30.0 Å². The molecular weight excluding hydrogens is 322 g/mol. The molecule has 1 aromatic rings. The molecule has 2 N–H and O–H groups in total. The SMILES string of the molecule is Cc1cc(Cl)ccc1S(=O)(=O)NC1(C(=O)O)CCSC1. The number of carboxylic acids is 1. The van der Waals surface area contributed by atoms with E-state index in [2.05, 4.69) is 4.72 Å². The number of aryl methyl sites for hydroxylation is 1. The van der Waals surface area contributed by atoms with Crippen molar-refractivity contribution < 1.29 is 18.3 Å². The molecule has 1 aliphatic heterocycles. The molecule has 1 aliphatic rings. The number of benzene rings is 1. The summed E-state index contributed by atoms with van der Waals surface area (Å²) in [6.07, 6.45) is 0.277. The van der Waals surface area contributed by atoms with E-state index >= 15 is 0 Å². The number of nitrogens with one attached hydrogen (secondary N) is 1. The Morgan fingerprint density at radius 1 is 1.50 bits per heavy atom. The second-order valence-electron chi connectivity index (χ2n) is 4.71. The molecule has 1 aromatic carbocycles. The number of carboxylic acid groups (broad SMARTS) is 1. The van der Waals surface area contributed by atoms with Gasteiger partial charge in [-0.05, 0) is 42.9 Å². The zero-order valence-electron chi connectivity index (χ0n) is 10.7. The predicted molar refractivity (Wildman–Crippen MR) is 78.8 cm³/mol. The minimum absolute atomic E-state index is 0.0550. The number of aliphatic carboxylic acids is 1. The van der Waals surface area contributed by atoms with Gasteiger partial charge in [-0.15, -0.1) is 0 Å². The molecule has 1 atom stereocenters. The van der Waals surface area contributed by atoms with Crippen molar-refractivity contribution in [1.82, 2.24) is 4.72 Å². The first kappa shape index (κ1) is 15.6. The first-order valence-electron chi connectivity index (χ1n) is 5.88. The Bertz CT molecular complexity index is 639. The minimum atomic E-state index is -3.90. The zero-order chi connectivity index (χ0) is 15.0. The van der Waals surface area contributed by atoms with E-state index in [0.29, 0.717) is 16.3 Å². The fourth-order valence-corrected chi connectivity index (χ4v) is 5.34. The van der Waals surface area contributed by atoms with Crippen LogP contribution >= 0.6 is 23.4 Å². The average Bonchev–Trinajstić information content (AvgIpc) is 2.77. The van der Waals surface area contributed by atoms with Gasteiger partial charge in [0.25, 0.3) is 0 Å². The molecule has 0 aromatic heterocycles. The van der Waals surface area contributed by atoms with Crippen molar-refractivity contribution in [3.05, 3.63) is 28.8 Å². The second kappa shape index (κ2) is 5.55. The highest BCUT2D eigenvalue weighted by Gasteiger charge is 2.45. The van der Waals surface area contributed by atoms with Crippen LogP contribution in [0.3, 0.4) is 0 Å². The van der Waals surface area contributed by atoms with Gasteiger partial charge in [0.2, 0.25) is 10.0 Å². The molecule has 0 amide bonds. The summed E-state index contributed by atoms with van der Waals surface area (Å²) in [6.45, 7) is 1.62. The molecule has 1 unspecified atom stereocenters. The van der Waals surface area contributed by atoms with Gasteiger partial charge >= 0.3 is 5.97 Å². The normalized spacial score (nSPS) is 22.9. The van der Waals surface area contributed by atoms with Crippen LogP contribution in [0.5, 0.6) is 0 Å². The highest BCUT2D eigenvalue weighted by Crippen LogP contribution is 2.30. The number of thioether (sulfide) groups is 1. The van der Waals surface area contributed by atoms with Crippen LogP contribution in [0.1, 0.15) is 12.0 Å². The Morgan fingerprint density at radius 3 is 2.70 bits per heavy atom. The molecule has 8 heteroatoms. The van der Waals surface area contributed by atoms with E-state index in [1.54, 1.807) is 6.92 Å². The maximum atomic E-state index is 12.4. The molecule has 1 fully saturated rings. The topological polar surface area (TPSA) is 83.5 Å². The van der Waals surface area contributed by atoms with Crippen LogP contribution in [0.15, 0.2) is 23.1 Å². The van der Waals surface area contributed by atoms with Gasteiger partial charge in [0.1, 0.15) is 5.54 Å². The minimum Gasteiger partial charge on any atom is -0.480 e. The lowest BCUT2D eigenvalue weighted by Gasteiger charge is -2.24. The Kier molecular flexibility index (Phi) is 4.34. The molecule has 20 heavy (non-hydrogen) atoms. The Balaban J connectivity index is 2.38. The lowest BCUT2D eigenvalue weighted by Crippen LogP contribution is -2.54. The van der Waals surface area contributed by atoms with Crippen LogP contribution in [0.4, 0.5) is 0 Å². The third-order valence-electron chi connectivity index (χ3n) is 3.19. The fraction of sp³-hybridized carbons (Fsp3) is 0.417. The highest BCUT2D eigenvalue weighted by molar-refractivity contribution is 7.99. The summed E-state index contributed by atoms with van der Waals surface area (Å²) < 4.78 is 27.2. The third kappa shape index (κ3) is 2.95. The molecule has 0 saturated carbocycles. The van der Waals surface area contributed by atoms with Crippen molar-refractivity contribution in [1.29, 1.82) is 0 Å². The molecule has 2 rings (SSSR count). The van der Waals surface area contributed by atoms with E-state index < -0.39 is 21.5 Å². The van der Waals surface area contributed by atoms with Gasteiger partial charge in [0, 0.05) is 10.8 Å². The number of hydrogen-bond donors (Lipinski definition) is 2. The maximum Gasteiger partial charge on any atom is 0.325 e. The standard InChI is InChI=1S/C12H14ClNO4S2/c1-8-6-9(13)2-3-10(8)20(17,18)14-12(11(15)16)4-5-19-7-12/h2-3,6,14H,4-5,7H2,1H3,(H,15,16). The molecular formula is C12H14ClNO4S2. The van der Waals surface area contributed by atoms with E-state index in [1.807, 2.05) is 0 Å². The fourth-order valence-electron chi connectivity index (χ4n) is 2.08. The monoisotopic (exact) mass is 335 g/mol. The van der Waals surface area contributed by atoms with E-state index in [9.17, 15) is 18.3 Å². The quantitative estimate of drug-likeness (QED) is 0.877. The van der Waals surface area contributed by atoms with Crippen LogP contribution in [-0.4, -0.2) is 36.5 Å². The van der Waals surface area contributed by atoms with Crippen LogP contribution in [-0.2, 0) is 14.8 Å². The first-order chi connectivity index (χ1) is 9.27. The van der Waals surface area contributed by atoms with Gasteiger partial charge < -0.3 is 5.11 Å². The van der Waals surface area contributed by atoms with Crippen molar-refractivity contribution in [2.75, 3.05) is 11.5 Å². The summed E-state index contributed by atoms with van der Waals surface area (Å²) in [5, 5.41) is 9.76. The summed E-state index contributed by atoms with van der Waals surface area (Å²) in [7, 11) is -3.90. The number of rotatable bonds is 4. The molecule has 0 aliphatic carbocycles. The van der Waals surface area contributed by atoms with Gasteiger partial charge in [-0.25, -0.2) is 8.42 Å². The molecule has 0 radical (unpaired) electrons. The van der Waals surface area contributed by atoms with Crippen LogP contribution < -0.4 is 4.72 Å². The smallest absolute Gasteiger partial charge is 0.325 e. The third-order valence-corrected chi connectivity index (χ3v) is 6.31. The van der Waals surface area contributed by atoms with Gasteiger partial charge in [-0.3, -0.25) is 4.79 Å². The Labute approximate surface area is 126 Å². The van der Waals surface area contributed by atoms with Crippen LogP contribution in [0.25, 0.3) is 0 Å². The molecule has 1 heterocycles. The Morgan fingerprint density at radius 2 is 2.20 bits per heavy atom. The van der Waals surface area contributed by atoms with Crippen molar-refractivity contribution in [3.63, 3.8) is 0 Å². The Hall–Kier alpha value is -0.760. The van der Waals surface area contributed by atoms with Gasteiger partial charge in [-0.2, -0.15) is 16.5 Å². The average molecular weight is 336 g/mol. The summed E-state index contributed by atoms with van der Waals surface area (Å²) >= 11 is 7.23. The zero-order valence-corrected chi connectivity index (χ0v) is 13.1. The summed E-state index contributed by atoms with van der Waals surface area (Å²) in [5.41, 5.74) is -0.938. The summed E-state index contributed by atoms with van der Waals surface area (Å²) in [4.78, 5) is 11.5. The van der Waals surface area contributed by atoms with Crippen molar-refractivity contribution >= 4 is 39.4 Å². The molecule has 110 valence electrons. The second-order valence-corrected chi connectivity index (χ2v) is 7.90. The van der Waals surface area contributed by atoms with E-state index in [4.69, 9.17) is 11.6 Å². The number of halogens is 1. The molecule has 5 nitrogen and oxygen atoms in total. The predicted octanol–water partition coefficient (Wildman–Crippen LogP) is 1.89. The largest absolute Gasteiger partial charge is 0.480 e. The van der Waals surface area contributed by atoms with Gasteiger partial charge in [0.15, 0.2) is 0 Å². The van der Waals surface area contributed by atoms with Gasteiger partial charge in [0.05, 0.1) is 4.90 Å². The van der Waals surface area contributed by atoms with Crippen LogP contribution in [0.2, 0.25) is 5.02 Å². The molecule has 0 bridgehead atoms. The highest BCUT2D eigenvalue weighted by atomic mass is 35.5. The van der Waals surface area contributed by atoms with Crippen molar-refractivity contribution in [3.8, 4) is 0 Å². The number of carbonyl (C=O) groups is 1. The van der Waals surface area contributed by atoms with E-state index in [-0.39, 0.29) is 17.1 Å². The molecule has 1 saturated heterocycles. The first-order valence-corrected chi connectivity index (χ1v) is 8.90. The summed E-state index contributed by atoms with van der Waals surface area (Å²) in [6, 6.07) is 4.39. The molecule has 0 spiro atoms. The lowest BCUT2D eigenvalue weighted by molar-refractivity contribution is -0.142. The maximum absolute atomic E-state index is 12.4. The number of hydrogen-bond acceptors (Lipinski definition) is 4. The van der Waals surface area contributed by atoms with E-state index in [0.717, 1.165) is 0 Å². The van der Waals surface area contributed by atoms with Crippen molar-refractivity contribution in [2.24, 2.45) is 0 Å². The number of sulfonamides is 1.